The highest BCUT2D eigenvalue weighted by molar-refractivity contribution is 6.13. The predicted octanol–water partition coefficient (Wildman–Crippen LogP) is 19.7. The number of nitrogens with zero attached hydrogens (tertiary/aromatic N) is 2. The molecule has 1 spiro atoms. The van der Waals surface area contributed by atoms with Crippen LogP contribution in [0.3, 0.4) is 0 Å². The van der Waals surface area contributed by atoms with Gasteiger partial charge in [-0.1, -0.05) is 170 Å². The number of aryl methyl sites for hydroxylation is 3. The van der Waals surface area contributed by atoms with Gasteiger partial charge in [-0.25, -0.2) is 0 Å². The number of anilines is 5. The van der Waals surface area contributed by atoms with Crippen molar-refractivity contribution in [3.63, 3.8) is 0 Å². The first-order valence-electron chi connectivity index (χ1n) is 26.2. The lowest BCUT2D eigenvalue weighted by atomic mass is 9.68. The van der Waals surface area contributed by atoms with Crippen LogP contribution in [0, 0.1) is 20.8 Å². The van der Waals surface area contributed by atoms with E-state index < -0.39 is 5.41 Å². The molecule has 2 aliphatic carbocycles. The molecule has 0 unspecified atom stereocenters. The van der Waals surface area contributed by atoms with E-state index in [1.807, 2.05) is 24.3 Å². The Morgan fingerprint density at radius 1 is 0.434 bits per heavy atom. The van der Waals surface area contributed by atoms with Gasteiger partial charge in [0.25, 0.3) is 0 Å². The Balaban J connectivity index is 0.960. The van der Waals surface area contributed by atoms with Gasteiger partial charge in [0.1, 0.15) is 11.2 Å². The van der Waals surface area contributed by atoms with Crippen LogP contribution >= 0.6 is 0 Å². The SMILES string of the molecule is C=C/C=C(\c1oc2ccccc2c1C)N(c1cccc(C)c1)c1ccc2c3c(ccc2c1)-c1ccc2cc(N(c4cccc(C)c4)c4cccc5c4oc4ccccc45)ccc2c1C31c2ccccc2-c2ccccc21. The van der Waals surface area contributed by atoms with E-state index in [1.54, 1.807) is 0 Å². The highest BCUT2D eigenvalue weighted by Gasteiger charge is 2.53. The summed E-state index contributed by atoms with van der Waals surface area (Å²) in [6.45, 7) is 10.7. The van der Waals surface area contributed by atoms with Gasteiger partial charge >= 0.3 is 0 Å². The van der Waals surface area contributed by atoms with Crippen LogP contribution in [0.1, 0.15) is 44.7 Å². The molecule has 0 saturated carbocycles. The standard InChI is InChI=1S/C72H50N2O2/c1-5-17-64(70-46(4)53-22-8-12-30-66(53)75-70)73(49-20-14-18-44(2)40-49)51-34-38-54-47(42-51)32-36-59-60-37-33-48-43-52(35-39-55(48)69(60)72(68(54)59)62-27-10-6-23-56(62)57-24-7-11-28-63(57)72)74(50-21-15-19-45(3)41-50)65-29-16-26-61-58-25-9-13-31-67(58)76-71(61)65/h5-43H,1H2,2-4H3/b64-17+. The molecule has 4 heteroatoms. The third-order valence-corrected chi connectivity index (χ3v) is 16.3. The molecule has 4 nitrogen and oxygen atoms in total. The van der Waals surface area contributed by atoms with E-state index in [9.17, 15) is 0 Å². The van der Waals surface area contributed by atoms with Crippen molar-refractivity contribution in [1.82, 2.24) is 0 Å². The molecule has 360 valence electrons. The zero-order chi connectivity index (χ0) is 50.8. The molecule has 2 aliphatic rings. The first-order valence-corrected chi connectivity index (χ1v) is 26.2. The molecule has 0 bridgehead atoms. The lowest BCUT2D eigenvalue weighted by molar-refractivity contribution is 0.595. The van der Waals surface area contributed by atoms with Crippen LogP contribution in [0.5, 0.6) is 0 Å². The summed E-state index contributed by atoms with van der Waals surface area (Å²) in [7, 11) is 0. The summed E-state index contributed by atoms with van der Waals surface area (Å²) < 4.78 is 13.5. The Labute approximate surface area is 441 Å². The molecule has 0 amide bonds. The number of furan rings is 2. The topological polar surface area (TPSA) is 32.8 Å². The molecule has 0 saturated heterocycles. The first kappa shape index (κ1) is 43.9. The Kier molecular flexibility index (Phi) is 9.64. The fraction of sp³-hybridized carbons (Fsp3) is 0.0556. The second-order valence-electron chi connectivity index (χ2n) is 20.6. The van der Waals surface area contributed by atoms with Crippen molar-refractivity contribution in [3.8, 4) is 22.3 Å². The van der Waals surface area contributed by atoms with Crippen LogP contribution in [0.15, 0.2) is 252 Å². The minimum atomic E-state index is -0.620. The average Bonchev–Trinajstić information content (AvgIpc) is 4.34. The summed E-state index contributed by atoms with van der Waals surface area (Å²) in [5.41, 5.74) is 21.8. The maximum absolute atomic E-state index is 6.75. The monoisotopic (exact) mass is 974 g/mol. The molecule has 15 rings (SSSR count). The zero-order valence-electron chi connectivity index (χ0n) is 42.4. The number of hydrogen-bond donors (Lipinski definition) is 0. The van der Waals surface area contributed by atoms with Crippen LogP contribution in [0.25, 0.3) is 82.4 Å². The highest BCUT2D eigenvalue weighted by atomic mass is 16.3. The predicted molar refractivity (Wildman–Crippen MR) is 317 cm³/mol. The highest BCUT2D eigenvalue weighted by Crippen LogP contribution is 2.65. The average molecular weight is 975 g/mol. The molecule has 0 N–H and O–H groups in total. The van der Waals surface area contributed by atoms with Gasteiger partial charge in [-0.3, -0.25) is 0 Å². The molecule has 0 fully saturated rings. The van der Waals surface area contributed by atoms with Crippen molar-refractivity contribution in [2.75, 3.05) is 9.80 Å². The van der Waals surface area contributed by atoms with Gasteiger partial charge in [0.2, 0.25) is 0 Å². The maximum Gasteiger partial charge on any atom is 0.159 e. The van der Waals surface area contributed by atoms with Gasteiger partial charge in [-0.05, 0) is 171 Å². The van der Waals surface area contributed by atoms with Gasteiger partial charge in [0, 0.05) is 44.5 Å². The lowest BCUT2D eigenvalue weighted by Gasteiger charge is -2.33. The molecule has 13 aromatic rings. The van der Waals surface area contributed by atoms with E-state index >= 15 is 0 Å². The summed E-state index contributed by atoms with van der Waals surface area (Å²) >= 11 is 0. The van der Waals surface area contributed by atoms with Crippen molar-refractivity contribution in [3.05, 3.63) is 288 Å². The Bertz CT molecular complexity index is 4580. The molecular weight excluding hydrogens is 925 g/mol. The molecule has 0 aliphatic heterocycles. The number of rotatable bonds is 8. The van der Waals surface area contributed by atoms with Crippen molar-refractivity contribution in [1.29, 1.82) is 0 Å². The molecule has 2 heterocycles. The third kappa shape index (κ3) is 6.25. The smallest absolute Gasteiger partial charge is 0.159 e. The van der Waals surface area contributed by atoms with Crippen LogP contribution < -0.4 is 9.80 Å². The van der Waals surface area contributed by atoms with E-state index in [1.165, 1.54) is 71.8 Å². The fourth-order valence-corrected chi connectivity index (χ4v) is 13.1. The van der Waals surface area contributed by atoms with Crippen LogP contribution in [-0.4, -0.2) is 0 Å². The minimum Gasteiger partial charge on any atom is -0.454 e. The molecular formula is C72H50N2O2. The summed E-state index contributed by atoms with van der Waals surface area (Å²) in [5.74, 6) is 0.814. The number of fused-ring (bicyclic) bond motifs is 18. The summed E-state index contributed by atoms with van der Waals surface area (Å²) in [6.07, 6.45) is 3.94. The molecule has 11 aromatic carbocycles. The Morgan fingerprint density at radius 3 is 1.62 bits per heavy atom. The van der Waals surface area contributed by atoms with Gasteiger partial charge in [0.15, 0.2) is 11.3 Å². The molecule has 76 heavy (non-hydrogen) atoms. The second kappa shape index (κ2) is 16.7. The van der Waals surface area contributed by atoms with Crippen molar-refractivity contribution < 1.29 is 8.83 Å². The first-order chi connectivity index (χ1) is 37.4. The van der Waals surface area contributed by atoms with Crippen molar-refractivity contribution in [2.45, 2.75) is 26.2 Å². The second-order valence-corrected chi connectivity index (χ2v) is 20.6. The third-order valence-electron chi connectivity index (χ3n) is 16.3. The number of allylic oxidation sites excluding steroid dienone is 2. The van der Waals surface area contributed by atoms with E-state index in [-0.39, 0.29) is 0 Å². The quantitative estimate of drug-likeness (QED) is 0.142. The molecule has 0 radical (unpaired) electrons. The van der Waals surface area contributed by atoms with E-state index in [0.717, 1.165) is 83.8 Å². The minimum absolute atomic E-state index is 0.620. The summed E-state index contributed by atoms with van der Waals surface area (Å²) in [6, 6.07) is 82.4. The number of hydrogen-bond acceptors (Lipinski definition) is 4. The Hall–Kier alpha value is -9.64. The maximum atomic E-state index is 6.75. The van der Waals surface area contributed by atoms with Gasteiger partial charge in [0.05, 0.1) is 16.8 Å². The van der Waals surface area contributed by atoms with Gasteiger partial charge < -0.3 is 18.6 Å². The van der Waals surface area contributed by atoms with E-state index in [0.29, 0.717) is 0 Å². The van der Waals surface area contributed by atoms with Crippen molar-refractivity contribution in [2.24, 2.45) is 0 Å². The van der Waals surface area contributed by atoms with Crippen LogP contribution in [0.4, 0.5) is 28.4 Å². The zero-order valence-corrected chi connectivity index (χ0v) is 42.4. The van der Waals surface area contributed by atoms with Gasteiger partial charge in [-0.15, -0.1) is 0 Å². The number of benzene rings is 11. The van der Waals surface area contributed by atoms with Crippen LogP contribution in [0.2, 0.25) is 0 Å². The largest absolute Gasteiger partial charge is 0.454 e. The molecule has 0 atom stereocenters. The summed E-state index contributed by atoms with van der Waals surface area (Å²) in [5, 5.41) is 8.08. The Morgan fingerprint density at radius 2 is 0.961 bits per heavy atom. The lowest BCUT2D eigenvalue weighted by Crippen LogP contribution is -2.26. The van der Waals surface area contributed by atoms with Crippen LogP contribution in [-0.2, 0) is 5.41 Å². The van der Waals surface area contributed by atoms with E-state index in [4.69, 9.17) is 8.83 Å². The van der Waals surface area contributed by atoms with Crippen molar-refractivity contribution >= 4 is 88.6 Å². The number of para-hydroxylation sites is 3. The normalized spacial score (nSPS) is 13.2. The van der Waals surface area contributed by atoms with E-state index in [2.05, 4.69) is 249 Å². The molecule has 2 aromatic heterocycles. The van der Waals surface area contributed by atoms with Gasteiger partial charge in [-0.2, -0.15) is 0 Å². The fourth-order valence-electron chi connectivity index (χ4n) is 13.1. The summed E-state index contributed by atoms with van der Waals surface area (Å²) in [4.78, 5) is 4.70.